The van der Waals surface area contributed by atoms with Gasteiger partial charge in [0.05, 0.1) is 6.54 Å². The third-order valence-corrected chi connectivity index (χ3v) is 9.03. The minimum absolute atomic E-state index is 0.00277. The smallest absolute Gasteiger partial charge is 0.250 e. The molecule has 2 fully saturated rings. The zero-order chi connectivity index (χ0) is 21.5. The summed E-state index contributed by atoms with van der Waals surface area (Å²) in [6, 6.07) is 6.11. The van der Waals surface area contributed by atoms with Crippen molar-refractivity contribution in [3.63, 3.8) is 0 Å². The molecular weight excluding hydrogens is 446 g/mol. The lowest BCUT2D eigenvalue weighted by Crippen LogP contribution is -2.54. The molecule has 1 aromatic heterocycles. The molecule has 2 aliphatic rings. The van der Waals surface area contributed by atoms with Crippen LogP contribution in [0.15, 0.2) is 28.5 Å². The number of likely N-dealkylation sites (tertiary alicyclic amines) is 2. The molecule has 2 aromatic rings. The van der Waals surface area contributed by atoms with Crippen molar-refractivity contribution in [2.75, 3.05) is 19.6 Å². The van der Waals surface area contributed by atoms with Gasteiger partial charge in [0.25, 0.3) is 10.0 Å². The summed E-state index contributed by atoms with van der Waals surface area (Å²) in [5, 5.41) is 1.32. The summed E-state index contributed by atoms with van der Waals surface area (Å²) in [5.41, 5.74) is 0. The highest BCUT2D eigenvalue weighted by atomic mass is 35.5. The van der Waals surface area contributed by atoms with Gasteiger partial charge in [-0.25, -0.2) is 8.42 Å². The van der Waals surface area contributed by atoms with Crippen molar-refractivity contribution in [2.45, 2.75) is 48.9 Å². The number of nitrogens with one attached hydrogen (secondary N) is 1. The maximum atomic E-state index is 12.9. The Kier molecular flexibility index (Phi) is 6.07. The summed E-state index contributed by atoms with van der Waals surface area (Å²) in [4.78, 5) is 28.8. The number of carbonyl (C=O) groups is 2. The van der Waals surface area contributed by atoms with Crippen molar-refractivity contribution in [2.24, 2.45) is 0 Å². The number of halogens is 1. The normalized spacial score (nSPS) is 22.8. The van der Waals surface area contributed by atoms with Gasteiger partial charge in [0.2, 0.25) is 11.8 Å². The summed E-state index contributed by atoms with van der Waals surface area (Å²) in [5.74, 6) is -0.410. The summed E-state index contributed by atoms with van der Waals surface area (Å²) in [7, 11) is -3.86. The van der Waals surface area contributed by atoms with Crippen LogP contribution >= 0.6 is 22.9 Å². The molecule has 2 amide bonds. The summed E-state index contributed by atoms with van der Waals surface area (Å²) in [6.45, 7) is 3.20. The third kappa shape index (κ3) is 4.34. The van der Waals surface area contributed by atoms with E-state index in [0.29, 0.717) is 31.0 Å². The summed E-state index contributed by atoms with van der Waals surface area (Å²) >= 11 is 7.11. The molecular formula is C20H24ClN3O4S2. The predicted molar refractivity (Wildman–Crippen MR) is 117 cm³/mol. The van der Waals surface area contributed by atoms with Gasteiger partial charge in [-0.2, -0.15) is 4.72 Å². The van der Waals surface area contributed by atoms with Gasteiger partial charge in [-0.3, -0.25) is 9.59 Å². The number of fused-ring (bicyclic) bond motifs is 1. The number of thiophene rings is 1. The van der Waals surface area contributed by atoms with E-state index in [2.05, 4.69) is 4.72 Å². The van der Waals surface area contributed by atoms with E-state index >= 15 is 0 Å². The van der Waals surface area contributed by atoms with Gasteiger partial charge < -0.3 is 9.80 Å². The van der Waals surface area contributed by atoms with Crippen LogP contribution in [-0.2, 0) is 19.6 Å². The standard InChI is InChI=1S/C20H24ClN3O4S2/c1-13-4-2-9-24(13)18(25)12-23-8-3-5-16(20(23)26)22-30(27,28)19-10-14-6-7-15(21)11-17(14)29-19/h6-7,10-11,13,16,22H,2-5,8-9,12H2,1H3. The number of carbonyl (C=O) groups excluding carboxylic acids is 2. The molecule has 3 heterocycles. The molecule has 0 radical (unpaired) electrons. The van der Waals surface area contributed by atoms with Crippen molar-refractivity contribution in [3.8, 4) is 0 Å². The molecule has 2 atom stereocenters. The van der Waals surface area contributed by atoms with E-state index in [4.69, 9.17) is 11.6 Å². The molecule has 0 aliphatic carbocycles. The SMILES string of the molecule is CC1CCCN1C(=O)CN1CCCC(NS(=O)(=O)c2cc3ccc(Cl)cc3s2)C1=O. The van der Waals surface area contributed by atoms with Gasteiger partial charge in [0.15, 0.2) is 0 Å². The van der Waals surface area contributed by atoms with Crippen LogP contribution in [0.3, 0.4) is 0 Å². The number of rotatable bonds is 5. The molecule has 2 saturated heterocycles. The van der Waals surface area contributed by atoms with E-state index in [1.807, 2.05) is 11.8 Å². The van der Waals surface area contributed by atoms with Crippen molar-refractivity contribution < 1.29 is 18.0 Å². The van der Waals surface area contributed by atoms with Crippen LogP contribution in [-0.4, -0.2) is 61.7 Å². The number of nitrogens with zero attached hydrogens (tertiary/aromatic N) is 2. The predicted octanol–water partition coefficient (Wildman–Crippen LogP) is 2.83. The first-order valence-corrected chi connectivity index (χ1v) is 12.7. The Morgan fingerprint density at radius 1 is 1.23 bits per heavy atom. The van der Waals surface area contributed by atoms with Gasteiger partial charge in [-0.15, -0.1) is 11.3 Å². The fourth-order valence-electron chi connectivity index (χ4n) is 4.12. The van der Waals surface area contributed by atoms with E-state index in [1.165, 1.54) is 4.90 Å². The Balaban J connectivity index is 1.46. The van der Waals surface area contributed by atoms with Crippen molar-refractivity contribution in [1.29, 1.82) is 0 Å². The molecule has 1 aromatic carbocycles. The van der Waals surface area contributed by atoms with Crippen LogP contribution in [0.2, 0.25) is 5.02 Å². The first-order chi connectivity index (χ1) is 14.2. The molecule has 1 N–H and O–H groups in total. The van der Waals surface area contributed by atoms with Crippen LogP contribution in [0.1, 0.15) is 32.6 Å². The van der Waals surface area contributed by atoms with Gasteiger partial charge in [-0.05, 0) is 56.2 Å². The van der Waals surface area contributed by atoms with E-state index in [9.17, 15) is 18.0 Å². The zero-order valence-electron chi connectivity index (χ0n) is 16.6. The molecule has 2 aliphatic heterocycles. The minimum Gasteiger partial charge on any atom is -0.338 e. The molecule has 0 spiro atoms. The monoisotopic (exact) mass is 469 g/mol. The fourth-order valence-corrected chi connectivity index (χ4v) is 7.04. The number of amides is 2. The first-order valence-electron chi connectivity index (χ1n) is 10.0. The highest BCUT2D eigenvalue weighted by Gasteiger charge is 2.35. The van der Waals surface area contributed by atoms with Crippen molar-refractivity contribution in [3.05, 3.63) is 29.3 Å². The van der Waals surface area contributed by atoms with Gasteiger partial charge >= 0.3 is 0 Å². The maximum absolute atomic E-state index is 12.9. The summed E-state index contributed by atoms with van der Waals surface area (Å²) in [6.07, 6.45) is 3.01. The average molecular weight is 470 g/mol. The van der Waals surface area contributed by atoms with Crippen LogP contribution in [0.5, 0.6) is 0 Å². The van der Waals surface area contributed by atoms with Crippen molar-refractivity contribution >= 4 is 54.9 Å². The Morgan fingerprint density at radius 2 is 2.00 bits per heavy atom. The second kappa shape index (κ2) is 8.45. The Hall–Kier alpha value is -1.68. The van der Waals surface area contributed by atoms with Crippen LogP contribution in [0.25, 0.3) is 10.1 Å². The lowest BCUT2D eigenvalue weighted by atomic mass is 10.1. The number of benzene rings is 1. The molecule has 162 valence electrons. The molecule has 4 rings (SSSR count). The van der Waals surface area contributed by atoms with E-state index in [-0.39, 0.29) is 28.6 Å². The highest BCUT2D eigenvalue weighted by Crippen LogP contribution is 2.31. The molecule has 0 saturated carbocycles. The Labute approximate surface area is 185 Å². The largest absolute Gasteiger partial charge is 0.338 e. The van der Waals surface area contributed by atoms with Crippen LogP contribution < -0.4 is 4.72 Å². The zero-order valence-corrected chi connectivity index (χ0v) is 19.0. The molecule has 7 nitrogen and oxygen atoms in total. The third-order valence-electron chi connectivity index (χ3n) is 5.75. The van der Waals surface area contributed by atoms with E-state index in [0.717, 1.165) is 34.3 Å². The van der Waals surface area contributed by atoms with Gasteiger partial charge in [0, 0.05) is 28.9 Å². The Bertz CT molecular complexity index is 1080. The number of hydrogen-bond donors (Lipinski definition) is 1. The highest BCUT2D eigenvalue weighted by molar-refractivity contribution is 7.91. The van der Waals surface area contributed by atoms with Crippen molar-refractivity contribution in [1.82, 2.24) is 14.5 Å². The lowest BCUT2D eigenvalue weighted by Gasteiger charge is -2.33. The van der Waals surface area contributed by atoms with Crippen LogP contribution in [0, 0.1) is 0 Å². The minimum atomic E-state index is -3.86. The molecule has 10 heteroatoms. The molecule has 0 bridgehead atoms. The lowest BCUT2D eigenvalue weighted by molar-refractivity contribution is -0.143. The quantitative estimate of drug-likeness (QED) is 0.729. The number of sulfonamides is 1. The second-order valence-corrected chi connectivity index (χ2v) is 11.4. The number of hydrogen-bond acceptors (Lipinski definition) is 5. The number of piperidine rings is 1. The van der Waals surface area contributed by atoms with Gasteiger partial charge in [0.1, 0.15) is 10.3 Å². The fraction of sp³-hybridized carbons (Fsp3) is 0.500. The average Bonchev–Trinajstić information content (AvgIpc) is 3.31. The van der Waals surface area contributed by atoms with Gasteiger partial charge in [-0.1, -0.05) is 17.7 Å². The second-order valence-electron chi connectivity index (χ2n) is 7.90. The topological polar surface area (TPSA) is 86.8 Å². The maximum Gasteiger partial charge on any atom is 0.250 e. The first kappa shape index (κ1) is 21.5. The summed E-state index contributed by atoms with van der Waals surface area (Å²) < 4.78 is 29.3. The molecule has 2 unspecified atom stereocenters. The van der Waals surface area contributed by atoms with Crippen LogP contribution in [0.4, 0.5) is 0 Å². The molecule has 30 heavy (non-hydrogen) atoms. The van der Waals surface area contributed by atoms with E-state index < -0.39 is 16.1 Å². The van der Waals surface area contributed by atoms with E-state index in [1.54, 1.807) is 24.3 Å². The Morgan fingerprint density at radius 3 is 2.73 bits per heavy atom.